The number of amides is 1. The molecule has 162 valence electrons. The fourth-order valence-corrected chi connectivity index (χ4v) is 4.11. The molecule has 2 N–H and O–H groups in total. The first kappa shape index (κ1) is 19.9. The van der Waals surface area contributed by atoms with Crippen molar-refractivity contribution in [3.63, 3.8) is 0 Å². The highest BCUT2D eigenvalue weighted by Gasteiger charge is 2.20. The van der Waals surface area contributed by atoms with Crippen molar-refractivity contribution < 1.29 is 9.18 Å². The van der Waals surface area contributed by atoms with Gasteiger partial charge in [-0.15, -0.1) is 0 Å². The van der Waals surface area contributed by atoms with E-state index in [9.17, 15) is 4.79 Å². The maximum atomic E-state index is 15.1. The Morgan fingerprint density at radius 2 is 1.84 bits per heavy atom. The predicted octanol–water partition coefficient (Wildman–Crippen LogP) is 2.79. The normalized spacial score (nSPS) is 14.2. The lowest BCUT2D eigenvalue weighted by Gasteiger charge is -2.34. The van der Waals surface area contributed by atoms with Crippen molar-refractivity contribution in [2.75, 3.05) is 36.8 Å². The van der Waals surface area contributed by atoms with Crippen LogP contribution < -0.4 is 10.6 Å². The number of aromatic nitrogens is 4. The molecule has 0 atom stereocenters. The van der Waals surface area contributed by atoms with Crippen LogP contribution >= 0.6 is 0 Å². The summed E-state index contributed by atoms with van der Waals surface area (Å²) in [7, 11) is 0. The SMILES string of the molecule is Cc1nc2ccc(-c3ccnc(N)c3)nc2n1-c1ccc(N2CCN(C=O)CC2)c(F)c1. The van der Waals surface area contributed by atoms with E-state index >= 15 is 4.39 Å². The smallest absolute Gasteiger partial charge is 0.209 e. The number of anilines is 2. The second-order valence-corrected chi connectivity index (χ2v) is 7.77. The van der Waals surface area contributed by atoms with Crippen LogP contribution in [-0.4, -0.2) is 57.0 Å². The lowest BCUT2D eigenvalue weighted by molar-refractivity contribution is -0.118. The second-order valence-electron chi connectivity index (χ2n) is 7.77. The number of nitrogens with zero attached hydrogens (tertiary/aromatic N) is 6. The van der Waals surface area contributed by atoms with Crippen LogP contribution in [0.2, 0.25) is 0 Å². The maximum absolute atomic E-state index is 15.1. The molecule has 5 rings (SSSR count). The summed E-state index contributed by atoms with van der Waals surface area (Å²) in [6, 6.07) is 12.6. The largest absolute Gasteiger partial charge is 0.384 e. The van der Waals surface area contributed by atoms with Crippen molar-refractivity contribution >= 4 is 29.1 Å². The van der Waals surface area contributed by atoms with E-state index in [1.54, 1.807) is 23.2 Å². The number of aryl methyl sites for hydroxylation is 1. The molecule has 1 fully saturated rings. The average Bonchev–Trinajstić information content (AvgIpc) is 3.14. The molecule has 1 amide bonds. The number of carbonyl (C=O) groups excluding carboxylic acids is 1. The van der Waals surface area contributed by atoms with Gasteiger partial charge in [0.05, 0.1) is 17.1 Å². The standard InChI is InChI=1S/C23H22FN7O/c1-15-27-20-4-3-19(16-6-7-26-22(25)12-16)28-23(20)31(15)17-2-5-21(18(24)13-17)30-10-8-29(14-32)9-11-30/h2-7,12-14H,8-11H2,1H3,(H2,25,26). The minimum absolute atomic E-state index is 0.318. The topological polar surface area (TPSA) is 93.2 Å². The molecule has 9 heteroatoms. The lowest BCUT2D eigenvalue weighted by Crippen LogP contribution is -2.46. The van der Waals surface area contributed by atoms with Crippen molar-refractivity contribution in [1.82, 2.24) is 24.4 Å². The third-order valence-electron chi connectivity index (χ3n) is 5.74. The van der Waals surface area contributed by atoms with Gasteiger partial charge in [-0.3, -0.25) is 9.36 Å². The summed E-state index contributed by atoms with van der Waals surface area (Å²) in [5.41, 5.74) is 9.95. The number of hydrogen-bond donors (Lipinski definition) is 1. The zero-order valence-corrected chi connectivity index (χ0v) is 17.6. The number of halogens is 1. The number of rotatable bonds is 4. The molecular weight excluding hydrogens is 409 g/mol. The molecule has 0 bridgehead atoms. The van der Waals surface area contributed by atoms with E-state index in [1.807, 2.05) is 40.7 Å². The average molecular weight is 431 g/mol. The third kappa shape index (κ3) is 3.51. The third-order valence-corrected chi connectivity index (χ3v) is 5.74. The lowest BCUT2D eigenvalue weighted by atomic mass is 10.1. The molecule has 8 nitrogen and oxygen atoms in total. The molecule has 1 saturated heterocycles. The van der Waals surface area contributed by atoms with E-state index in [0.717, 1.165) is 23.2 Å². The van der Waals surface area contributed by atoms with Gasteiger partial charge in [0.25, 0.3) is 0 Å². The molecule has 3 aromatic heterocycles. The van der Waals surface area contributed by atoms with Crippen LogP contribution in [0, 0.1) is 12.7 Å². The van der Waals surface area contributed by atoms with Crippen LogP contribution in [0.5, 0.6) is 0 Å². The Morgan fingerprint density at radius 1 is 1.03 bits per heavy atom. The molecule has 1 aliphatic rings. The summed E-state index contributed by atoms with van der Waals surface area (Å²) in [5.74, 6) is 0.813. The minimum Gasteiger partial charge on any atom is -0.384 e. The van der Waals surface area contributed by atoms with Gasteiger partial charge in [-0.05, 0) is 43.3 Å². The van der Waals surface area contributed by atoms with Crippen LogP contribution in [0.15, 0.2) is 48.7 Å². The molecule has 0 radical (unpaired) electrons. The molecule has 0 aliphatic carbocycles. The molecule has 4 heterocycles. The van der Waals surface area contributed by atoms with E-state index in [4.69, 9.17) is 10.7 Å². The number of pyridine rings is 2. The van der Waals surface area contributed by atoms with Crippen molar-refractivity contribution in [2.45, 2.75) is 6.92 Å². The summed E-state index contributed by atoms with van der Waals surface area (Å²) in [5, 5.41) is 0. The van der Waals surface area contributed by atoms with Crippen molar-refractivity contribution in [3.8, 4) is 16.9 Å². The van der Waals surface area contributed by atoms with E-state index in [1.165, 1.54) is 6.07 Å². The molecule has 0 saturated carbocycles. The Balaban J connectivity index is 1.53. The van der Waals surface area contributed by atoms with Crippen molar-refractivity contribution in [1.29, 1.82) is 0 Å². The van der Waals surface area contributed by atoms with Crippen LogP contribution in [0.4, 0.5) is 15.9 Å². The Morgan fingerprint density at radius 3 is 2.56 bits per heavy atom. The summed E-state index contributed by atoms with van der Waals surface area (Å²) in [6.07, 6.45) is 2.48. The number of nitrogen functional groups attached to an aromatic ring is 1. The van der Waals surface area contributed by atoms with Gasteiger partial charge < -0.3 is 15.5 Å². The van der Waals surface area contributed by atoms with Gasteiger partial charge in [0, 0.05) is 44.0 Å². The number of imidazole rings is 1. The summed E-state index contributed by atoms with van der Waals surface area (Å²) >= 11 is 0. The highest BCUT2D eigenvalue weighted by atomic mass is 19.1. The summed E-state index contributed by atoms with van der Waals surface area (Å²) in [6.45, 7) is 4.24. The Hall–Kier alpha value is -4.01. The molecular formula is C23H22FN7O. The predicted molar refractivity (Wildman–Crippen MR) is 121 cm³/mol. The monoisotopic (exact) mass is 431 g/mol. The van der Waals surface area contributed by atoms with Crippen LogP contribution in [0.25, 0.3) is 28.1 Å². The Kier molecular flexibility index (Phi) is 4.93. The molecule has 0 unspecified atom stereocenters. The zero-order chi connectivity index (χ0) is 22.2. The zero-order valence-electron chi connectivity index (χ0n) is 17.6. The quantitative estimate of drug-likeness (QED) is 0.500. The first-order chi connectivity index (χ1) is 15.5. The fourth-order valence-electron chi connectivity index (χ4n) is 4.11. The Labute approximate surface area is 184 Å². The Bertz CT molecular complexity index is 1310. The van der Waals surface area contributed by atoms with Gasteiger partial charge in [0.2, 0.25) is 6.41 Å². The van der Waals surface area contributed by atoms with Gasteiger partial charge in [0.15, 0.2) is 5.65 Å². The number of piperazine rings is 1. The van der Waals surface area contributed by atoms with Crippen LogP contribution in [0.3, 0.4) is 0 Å². The van der Waals surface area contributed by atoms with E-state index in [0.29, 0.717) is 54.8 Å². The van der Waals surface area contributed by atoms with Gasteiger partial charge >= 0.3 is 0 Å². The van der Waals surface area contributed by atoms with Crippen LogP contribution in [-0.2, 0) is 4.79 Å². The highest BCUT2D eigenvalue weighted by Crippen LogP contribution is 2.28. The van der Waals surface area contributed by atoms with Gasteiger partial charge in [0.1, 0.15) is 23.0 Å². The van der Waals surface area contributed by atoms with E-state index < -0.39 is 0 Å². The maximum Gasteiger partial charge on any atom is 0.209 e. The number of nitrogens with two attached hydrogens (primary N) is 1. The van der Waals surface area contributed by atoms with E-state index in [-0.39, 0.29) is 5.82 Å². The fraction of sp³-hybridized carbons (Fsp3) is 0.217. The van der Waals surface area contributed by atoms with E-state index in [2.05, 4.69) is 9.97 Å². The van der Waals surface area contributed by atoms with Crippen molar-refractivity contribution in [2.24, 2.45) is 0 Å². The first-order valence-corrected chi connectivity index (χ1v) is 10.4. The van der Waals surface area contributed by atoms with Crippen molar-refractivity contribution in [3.05, 3.63) is 60.3 Å². The molecule has 0 spiro atoms. The number of carbonyl (C=O) groups is 1. The number of fused-ring (bicyclic) bond motifs is 1. The number of hydrogen-bond acceptors (Lipinski definition) is 6. The van der Waals surface area contributed by atoms with Crippen LogP contribution in [0.1, 0.15) is 5.82 Å². The first-order valence-electron chi connectivity index (χ1n) is 10.4. The molecule has 4 aromatic rings. The second kappa shape index (κ2) is 7.92. The highest BCUT2D eigenvalue weighted by molar-refractivity contribution is 5.78. The molecule has 32 heavy (non-hydrogen) atoms. The summed E-state index contributed by atoms with van der Waals surface area (Å²) < 4.78 is 17.0. The van der Waals surface area contributed by atoms with Gasteiger partial charge in [-0.2, -0.15) is 0 Å². The minimum atomic E-state index is -0.318. The molecule has 1 aliphatic heterocycles. The number of benzene rings is 1. The summed E-state index contributed by atoms with van der Waals surface area (Å²) in [4.78, 5) is 28.0. The molecule has 1 aromatic carbocycles. The van der Waals surface area contributed by atoms with Gasteiger partial charge in [-0.25, -0.2) is 19.3 Å². The van der Waals surface area contributed by atoms with Gasteiger partial charge in [-0.1, -0.05) is 0 Å².